The monoisotopic (exact) mass is 298 g/mol. The first kappa shape index (κ1) is 15.7. The van der Waals surface area contributed by atoms with E-state index in [1.807, 2.05) is 43.5 Å². The molecule has 0 radical (unpaired) electrons. The first-order valence-corrected chi connectivity index (χ1v) is 6.91. The number of nitrogens with zero attached hydrogens (tertiary/aromatic N) is 2. The lowest BCUT2D eigenvalue weighted by atomic mass is 10.1. The molecule has 0 aliphatic carbocycles. The van der Waals surface area contributed by atoms with Crippen molar-refractivity contribution in [3.05, 3.63) is 69.8 Å². The van der Waals surface area contributed by atoms with Gasteiger partial charge in [0.25, 0.3) is 5.69 Å². The van der Waals surface area contributed by atoms with Gasteiger partial charge in [-0.05, 0) is 42.3 Å². The Hall–Kier alpha value is -2.66. The van der Waals surface area contributed by atoms with Crippen LogP contribution in [0.5, 0.6) is 0 Å². The molecule has 2 aromatic carbocycles. The van der Waals surface area contributed by atoms with Crippen molar-refractivity contribution in [2.75, 3.05) is 11.9 Å². The zero-order chi connectivity index (χ0) is 16.1. The average Bonchev–Trinajstić information content (AvgIpc) is 2.53. The number of rotatable bonds is 5. The van der Waals surface area contributed by atoms with Crippen LogP contribution in [0.2, 0.25) is 0 Å². The van der Waals surface area contributed by atoms with Gasteiger partial charge in [-0.15, -0.1) is 0 Å². The summed E-state index contributed by atoms with van der Waals surface area (Å²) in [6, 6.07) is 14.2. The quantitative estimate of drug-likeness (QED) is 0.397. The van der Waals surface area contributed by atoms with Gasteiger partial charge in [-0.2, -0.15) is 0 Å². The standard InChI is InChI=1S/C17H18N2O3/c1-13(20)18(2)16-9-5-14(6-10-16)3-4-15-7-11-17(12-8-15)19(21)22/h3-13,20H,1-2H3/b4-3+. The number of hydrogen-bond acceptors (Lipinski definition) is 4. The third-order valence-corrected chi connectivity index (χ3v) is 3.43. The van der Waals surface area contributed by atoms with Gasteiger partial charge in [-0.1, -0.05) is 24.3 Å². The van der Waals surface area contributed by atoms with Gasteiger partial charge in [0.05, 0.1) is 4.92 Å². The Balaban J connectivity index is 2.08. The van der Waals surface area contributed by atoms with E-state index in [1.54, 1.807) is 24.0 Å². The molecule has 1 N–H and O–H groups in total. The summed E-state index contributed by atoms with van der Waals surface area (Å²) in [6.45, 7) is 1.71. The van der Waals surface area contributed by atoms with Crippen LogP contribution in [0.15, 0.2) is 48.5 Å². The average molecular weight is 298 g/mol. The van der Waals surface area contributed by atoms with Gasteiger partial charge in [0.1, 0.15) is 6.23 Å². The Morgan fingerprint density at radius 3 is 1.91 bits per heavy atom. The Morgan fingerprint density at radius 2 is 1.50 bits per heavy atom. The number of nitro groups is 1. The van der Waals surface area contributed by atoms with Crippen LogP contribution in [-0.4, -0.2) is 23.3 Å². The molecule has 0 heterocycles. The summed E-state index contributed by atoms with van der Waals surface area (Å²) in [4.78, 5) is 11.9. The molecule has 0 saturated carbocycles. The Kier molecular flexibility index (Phi) is 4.91. The van der Waals surface area contributed by atoms with E-state index in [1.165, 1.54) is 12.1 Å². The summed E-state index contributed by atoms with van der Waals surface area (Å²) in [5.41, 5.74) is 2.93. The van der Waals surface area contributed by atoms with Gasteiger partial charge >= 0.3 is 0 Å². The van der Waals surface area contributed by atoms with E-state index in [9.17, 15) is 15.2 Å². The van der Waals surface area contributed by atoms with Gasteiger partial charge in [0.15, 0.2) is 0 Å². The van der Waals surface area contributed by atoms with Crippen LogP contribution in [0.3, 0.4) is 0 Å². The summed E-state index contributed by atoms with van der Waals surface area (Å²) in [7, 11) is 1.83. The van der Waals surface area contributed by atoms with Crippen LogP contribution < -0.4 is 4.90 Å². The van der Waals surface area contributed by atoms with E-state index in [0.717, 1.165) is 16.8 Å². The molecule has 5 nitrogen and oxygen atoms in total. The van der Waals surface area contributed by atoms with E-state index in [-0.39, 0.29) is 5.69 Å². The van der Waals surface area contributed by atoms with E-state index in [2.05, 4.69) is 0 Å². The molecule has 0 aliphatic rings. The zero-order valence-corrected chi connectivity index (χ0v) is 12.5. The number of aliphatic hydroxyl groups is 1. The summed E-state index contributed by atoms with van der Waals surface area (Å²) < 4.78 is 0. The molecule has 22 heavy (non-hydrogen) atoms. The predicted molar refractivity (Wildman–Crippen MR) is 88.6 cm³/mol. The molecular weight excluding hydrogens is 280 g/mol. The number of aliphatic hydroxyl groups excluding tert-OH is 1. The largest absolute Gasteiger partial charge is 0.374 e. The van der Waals surface area contributed by atoms with E-state index in [0.29, 0.717) is 0 Å². The smallest absolute Gasteiger partial charge is 0.269 e. The van der Waals surface area contributed by atoms with Crippen LogP contribution in [0.1, 0.15) is 18.1 Å². The minimum Gasteiger partial charge on any atom is -0.374 e. The lowest BCUT2D eigenvalue weighted by Gasteiger charge is -2.22. The second-order valence-corrected chi connectivity index (χ2v) is 5.02. The first-order chi connectivity index (χ1) is 10.5. The third kappa shape index (κ3) is 3.93. The fraction of sp³-hybridized carbons (Fsp3) is 0.176. The zero-order valence-electron chi connectivity index (χ0n) is 12.5. The predicted octanol–water partition coefficient (Wildman–Crippen LogP) is 3.54. The normalized spacial score (nSPS) is 12.3. The summed E-state index contributed by atoms with van der Waals surface area (Å²) >= 11 is 0. The van der Waals surface area contributed by atoms with Crippen LogP contribution in [0, 0.1) is 10.1 Å². The lowest BCUT2D eigenvalue weighted by Crippen LogP contribution is -2.27. The second-order valence-electron chi connectivity index (χ2n) is 5.02. The van der Waals surface area contributed by atoms with Crippen molar-refractivity contribution in [3.63, 3.8) is 0 Å². The molecule has 0 amide bonds. The van der Waals surface area contributed by atoms with Gasteiger partial charge in [0, 0.05) is 24.9 Å². The van der Waals surface area contributed by atoms with Gasteiger partial charge < -0.3 is 10.0 Å². The highest BCUT2D eigenvalue weighted by atomic mass is 16.6. The molecular formula is C17H18N2O3. The SMILES string of the molecule is CC(O)N(C)c1ccc(/C=C/c2ccc([N+](=O)[O-])cc2)cc1. The molecule has 0 fully saturated rings. The van der Waals surface area contributed by atoms with Crippen molar-refractivity contribution in [2.24, 2.45) is 0 Å². The maximum Gasteiger partial charge on any atom is 0.269 e. The number of anilines is 1. The molecule has 0 spiro atoms. The van der Waals surface area contributed by atoms with Crippen molar-refractivity contribution in [2.45, 2.75) is 13.2 Å². The Labute approximate surface area is 129 Å². The van der Waals surface area contributed by atoms with Crippen LogP contribution in [0.4, 0.5) is 11.4 Å². The van der Waals surface area contributed by atoms with Crippen molar-refractivity contribution in [1.82, 2.24) is 0 Å². The summed E-state index contributed by atoms with van der Waals surface area (Å²) in [6.07, 6.45) is 3.30. The minimum absolute atomic E-state index is 0.0858. The first-order valence-electron chi connectivity index (χ1n) is 6.91. The molecule has 114 valence electrons. The minimum atomic E-state index is -0.540. The van der Waals surface area contributed by atoms with Crippen molar-refractivity contribution in [1.29, 1.82) is 0 Å². The summed E-state index contributed by atoms with van der Waals surface area (Å²) in [5.74, 6) is 0. The van der Waals surface area contributed by atoms with Crippen LogP contribution in [-0.2, 0) is 0 Å². The number of benzene rings is 2. The van der Waals surface area contributed by atoms with Crippen LogP contribution in [0.25, 0.3) is 12.2 Å². The van der Waals surface area contributed by atoms with Crippen molar-refractivity contribution in [3.8, 4) is 0 Å². The molecule has 1 atom stereocenters. The molecule has 0 bridgehead atoms. The number of hydrogen-bond donors (Lipinski definition) is 1. The highest BCUT2D eigenvalue weighted by Crippen LogP contribution is 2.18. The third-order valence-electron chi connectivity index (χ3n) is 3.43. The number of non-ortho nitro benzene ring substituents is 1. The highest BCUT2D eigenvalue weighted by molar-refractivity contribution is 5.70. The van der Waals surface area contributed by atoms with Crippen molar-refractivity contribution >= 4 is 23.5 Å². The molecule has 1 unspecified atom stereocenters. The van der Waals surface area contributed by atoms with E-state index < -0.39 is 11.2 Å². The van der Waals surface area contributed by atoms with Gasteiger partial charge in [0.2, 0.25) is 0 Å². The highest BCUT2D eigenvalue weighted by Gasteiger charge is 2.05. The van der Waals surface area contributed by atoms with Crippen molar-refractivity contribution < 1.29 is 10.0 Å². The lowest BCUT2D eigenvalue weighted by molar-refractivity contribution is -0.384. The van der Waals surface area contributed by atoms with E-state index in [4.69, 9.17) is 0 Å². The molecule has 5 heteroatoms. The van der Waals surface area contributed by atoms with Crippen LogP contribution >= 0.6 is 0 Å². The maximum absolute atomic E-state index is 10.6. The molecule has 0 saturated heterocycles. The Bertz CT molecular complexity index is 661. The number of nitro benzene ring substituents is 1. The topological polar surface area (TPSA) is 66.6 Å². The maximum atomic E-state index is 10.6. The summed E-state index contributed by atoms with van der Waals surface area (Å²) in [5, 5.41) is 20.1. The second kappa shape index (κ2) is 6.87. The van der Waals surface area contributed by atoms with Gasteiger partial charge in [-0.3, -0.25) is 10.1 Å². The Morgan fingerprint density at radius 1 is 1.05 bits per heavy atom. The molecule has 0 aliphatic heterocycles. The fourth-order valence-electron chi connectivity index (χ4n) is 1.94. The van der Waals surface area contributed by atoms with Gasteiger partial charge in [-0.25, -0.2) is 0 Å². The molecule has 0 aromatic heterocycles. The molecule has 2 rings (SSSR count). The fourth-order valence-corrected chi connectivity index (χ4v) is 1.94. The van der Waals surface area contributed by atoms with E-state index >= 15 is 0 Å². The molecule has 2 aromatic rings.